The third kappa shape index (κ3) is 3.40. The maximum Gasteiger partial charge on any atom is 0.323 e. The van der Waals surface area contributed by atoms with Crippen LogP contribution < -0.4 is 5.32 Å². The van der Waals surface area contributed by atoms with Gasteiger partial charge in [-0.1, -0.05) is 18.3 Å². The molecular weight excluding hydrogens is 268 g/mol. The van der Waals surface area contributed by atoms with E-state index in [1.54, 1.807) is 0 Å². The molecule has 7 nitrogen and oxygen atoms in total. The number of hydrogen-bond acceptors (Lipinski definition) is 5. The summed E-state index contributed by atoms with van der Waals surface area (Å²) in [6, 6.07) is -0.303. The van der Waals surface area contributed by atoms with E-state index in [1.807, 2.05) is 0 Å². The van der Waals surface area contributed by atoms with Gasteiger partial charge in [0.05, 0.1) is 5.92 Å². The number of carboxylic acid groups (broad SMARTS) is 1. The zero-order valence-corrected chi connectivity index (χ0v) is 11.4. The fraction of sp³-hybridized carbons (Fsp3) is 0.636. The molecule has 1 fully saturated rings. The van der Waals surface area contributed by atoms with Gasteiger partial charge in [0, 0.05) is 19.5 Å². The number of rotatable bonds is 4. The van der Waals surface area contributed by atoms with E-state index >= 15 is 0 Å². The lowest BCUT2D eigenvalue weighted by Crippen LogP contribution is -2.33. The van der Waals surface area contributed by atoms with Crippen LogP contribution in [0.5, 0.6) is 0 Å². The second-order valence-electron chi connectivity index (χ2n) is 4.45. The molecular formula is C11H16N4O3S. The molecule has 8 heteroatoms. The Labute approximate surface area is 114 Å². The first-order valence-corrected chi connectivity index (χ1v) is 7.03. The molecule has 1 saturated heterocycles. The lowest BCUT2D eigenvalue weighted by molar-refractivity contribution is -0.141. The predicted molar refractivity (Wildman–Crippen MR) is 70.2 cm³/mol. The van der Waals surface area contributed by atoms with E-state index in [0.29, 0.717) is 18.1 Å². The number of carboxylic acids is 1. The fourth-order valence-electron chi connectivity index (χ4n) is 1.94. The Balaban J connectivity index is 1.88. The molecule has 1 aromatic rings. The van der Waals surface area contributed by atoms with Gasteiger partial charge in [0.2, 0.25) is 5.13 Å². The minimum atomic E-state index is -0.851. The SMILES string of the molecule is CCCc1nnc(NC(=O)N2CCC(C(=O)O)C2)s1. The summed E-state index contributed by atoms with van der Waals surface area (Å²) in [5.74, 6) is -1.31. The average Bonchev–Trinajstić information content (AvgIpc) is 2.98. The molecule has 19 heavy (non-hydrogen) atoms. The van der Waals surface area contributed by atoms with E-state index in [4.69, 9.17) is 5.11 Å². The molecule has 2 amide bonds. The molecule has 0 aliphatic carbocycles. The Kier molecular flexibility index (Phi) is 4.31. The Morgan fingerprint density at radius 1 is 1.53 bits per heavy atom. The van der Waals surface area contributed by atoms with Crippen LogP contribution in [-0.4, -0.2) is 45.3 Å². The monoisotopic (exact) mass is 284 g/mol. The van der Waals surface area contributed by atoms with Gasteiger partial charge in [-0.2, -0.15) is 0 Å². The number of hydrogen-bond donors (Lipinski definition) is 2. The zero-order chi connectivity index (χ0) is 13.8. The summed E-state index contributed by atoms with van der Waals surface area (Å²) in [6.45, 7) is 2.77. The summed E-state index contributed by atoms with van der Waals surface area (Å²) in [4.78, 5) is 24.2. The second kappa shape index (κ2) is 5.96. The van der Waals surface area contributed by atoms with Gasteiger partial charge in [0.15, 0.2) is 0 Å². The maximum absolute atomic E-state index is 11.9. The van der Waals surface area contributed by atoms with Crippen LogP contribution >= 0.6 is 11.3 Å². The van der Waals surface area contributed by atoms with Crippen molar-refractivity contribution in [3.05, 3.63) is 5.01 Å². The molecule has 2 N–H and O–H groups in total. The highest BCUT2D eigenvalue weighted by Crippen LogP contribution is 2.20. The molecule has 104 valence electrons. The number of carbonyl (C=O) groups excluding carboxylic acids is 1. The standard InChI is InChI=1S/C11H16N4O3S/c1-2-3-8-13-14-10(19-8)12-11(18)15-5-4-7(6-15)9(16)17/h7H,2-6H2,1H3,(H,16,17)(H,12,14,18). The van der Waals surface area contributed by atoms with Gasteiger partial charge in [-0.3, -0.25) is 10.1 Å². The molecule has 2 rings (SSSR count). The second-order valence-corrected chi connectivity index (χ2v) is 5.51. The summed E-state index contributed by atoms with van der Waals surface area (Å²) >= 11 is 1.35. The largest absolute Gasteiger partial charge is 0.481 e. The Bertz CT molecular complexity index is 476. The molecule has 0 spiro atoms. The zero-order valence-electron chi connectivity index (χ0n) is 10.6. The molecule has 1 aliphatic heterocycles. The van der Waals surface area contributed by atoms with Crippen LogP contribution in [0.4, 0.5) is 9.93 Å². The van der Waals surface area contributed by atoms with Crippen molar-refractivity contribution in [3.8, 4) is 0 Å². The molecule has 1 aliphatic rings. The van der Waals surface area contributed by atoms with Gasteiger partial charge in [0.1, 0.15) is 5.01 Å². The molecule has 2 heterocycles. The molecule has 0 bridgehead atoms. The van der Waals surface area contributed by atoms with E-state index in [0.717, 1.165) is 17.8 Å². The van der Waals surface area contributed by atoms with E-state index in [9.17, 15) is 9.59 Å². The van der Waals surface area contributed by atoms with Gasteiger partial charge in [-0.05, 0) is 12.8 Å². The van der Waals surface area contributed by atoms with Crippen LogP contribution in [0, 0.1) is 5.92 Å². The van der Waals surface area contributed by atoms with Gasteiger partial charge >= 0.3 is 12.0 Å². The normalized spacial score (nSPS) is 18.6. The third-order valence-corrected chi connectivity index (χ3v) is 3.87. The first-order chi connectivity index (χ1) is 9.10. The number of anilines is 1. The van der Waals surface area contributed by atoms with Crippen molar-refractivity contribution < 1.29 is 14.7 Å². The summed E-state index contributed by atoms with van der Waals surface area (Å²) < 4.78 is 0. The number of aliphatic carboxylic acids is 1. The minimum absolute atomic E-state index is 0.252. The summed E-state index contributed by atoms with van der Waals surface area (Å²) in [7, 11) is 0. The van der Waals surface area contributed by atoms with E-state index in [2.05, 4.69) is 22.4 Å². The number of aromatic nitrogens is 2. The smallest absolute Gasteiger partial charge is 0.323 e. The Morgan fingerprint density at radius 3 is 2.95 bits per heavy atom. The number of likely N-dealkylation sites (tertiary alicyclic amines) is 1. The van der Waals surface area contributed by atoms with E-state index < -0.39 is 11.9 Å². The number of nitrogens with zero attached hydrogens (tertiary/aromatic N) is 3. The maximum atomic E-state index is 11.9. The van der Waals surface area contributed by atoms with Crippen LogP contribution in [0.2, 0.25) is 0 Å². The number of carbonyl (C=O) groups is 2. The van der Waals surface area contributed by atoms with Crippen LogP contribution in [0.1, 0.15) is 24.8 Å². The van der Waals surface area contributed by atoms with Crippen molar-refractivity contribution in [2.45, 2.75) is 26.2 Å². The highest BCUT2D eigenvalue weighted by molar-refractivity contribution is 7.15. The summed E-state index contributed by atoms with van der Waals surface area (Å²) in [5.41, 5.74) is 0. The molecule has 1 aromatic heterocycles. The van der Waals surface area contributed by atoms with Crippen molar-refractivity contribution >= 4 is 28.5 Å². The van der Waals surface area contributed by atoms with Crippen LogP contribution in [0.25, 0.3) is 0 Å². The van der Waals surface area contributed by atoms with Crippen LogP contribution in [-0.2, 0) is 11.2 Å². The highest BCUT2D eigenvalue weighted by atomic mass is 32.1. The molecule has 1 atom stereocenters. The average molecular weight is 284 g/mol. The summed E-state index contributed by atoms with van der Waals surface area (Å²) in [5, 5.41) is 20.8. The number of urea groups is 1. The lowest BCUT2D eigenvalue weighted by atomic mass is 10.1. The first-order valence-electron chi connectivity index (χ1n) is 6.21. The van der Waals surface area contributed by atoms with Gasteiger partial charge in [-0.15, -0.1) is 10.2 Å². The van der Waals surface area contributed by atoms with Crippen molar-refractivity contribution in [3.63, 3.8) is 0 Å². The van der Waals surface area contributed by atoms with Gasteiger partial charge in [-0.25, -0.2) is 4.79 Å². The quantitative estimate of drug-likeness (QED) is 0.872. The minimum Gasteiger partial charge on any atom is -0.481 e. The topological polar surface area (TPSA) is 95.4 Å². The molecule has 0 radical (unpaired) electrons. The molecule has 1 unspecified atom stereocenters. The fourth-order valence-corrected chi connectivity index (χ4v) is 2.77. The molecule has 0 aromatic carbocycles. The molecule has 0 saturated carbocycles. The van der Waals surface area contributed by atoms with Crippen molar-refractivity contribution in [2.75, 3.05) is 18.4 Å². The number of amides is 2. The number of nitrogens with one attached hydrogen (secondary N) is 1. The van der Waals surface area contributed by atoms with Crippen LogP contribution in [0.15, 0.2) is 0 Å². The lowest BCUT2D eigenvalue weighted by Gasteiger charge is -2.14. The van der Waals surface area contributed by atoms with Crippen molar-refractivity contribution in [2.24, 2.45) is 5.92 Å². The van der Waals surface area contributed by atoms with Gasteiger partial charge in [0.25, 0.3) is 0 Å². The number of aryl methyl sites for hydroxylation is 1. The van der Waals surface area contributed by atoms with Crippen molar-refractivity contribution in [1.82, 2.24) is 15.1 Å². The van der Waals surface area contributed by atoms with E-state index in [-0.39, 0.29) is 12.6 Å². The Hall–Kier alpha value is -1.70. The van der Waals surface area contributed by atoms with Gasteiger partial charge < -0.3 is 10.0 Å². The third-order valence-electron chi connectivity index (χ3n) is 2.97. The Morgan fingerprint density at radius 2 is 2.32 bits per heavy atom. The predicted octanol–water partition coefficient (Wildman–Crippen LogP) is 1.43. The van der Waals surface area contributed by atoms with Crippen LogP contribution in [0.3, 0.4) is 0 Å². The van der Waals surface area contributed by atoms with E-state index in [1.165, 1.54) is 16.2 Å². The highest BCUT2D eigenvalue weighted by Gasteiger charge is 2.31. The van der Waals surface area contributed by atoms with Crippen molar-refractivity contribution in [1.29, 1.82) is 0 Å². The summed E-state index contributed by atoms with van der Waals surface area (Å²) in [6.07, 6.45) is 2.33. The first kappa shape index (κ1) is 13.7.